The van der Waals surface area contributed by atoms with Crippen LogP contribution in [0.4, 0.5) is 19.1 Å². The average Bonchev–Trinajstić information content (AvgIpc) is 3.23. The van der Waals surface area contributed by atoms with Crippen molar-refractivity contribution in [3.63, 3.8) is 0 Å². The fraction of sp³-hybridized carbons (Fsp3) is 0.250. The van der Waals surface area contributed by atoms with E-state index in [2.05, 4.69) is 15.0 Å². The van der Waals surface area contributed by atoms with Crippen LogP contribution in [-0.2, 0) is 0 Å². The van der Waals surface area contributed by atoms with Crippen molar-refractivity contribution in [3.8, 4) is 22.4 Å². The van der Waals surface area contributed by atoms with E-state index in [1.54, 1.807) is 11.1 Å². The number of hydrogen-bond acceptors (Lipinski definition) is 4. The van der Waals surface area contributed by atoms with E-state index in [9.17, 15) is 18.3 Å². The summed E-state index contributed by atoms with van der Waals surface area (Å²) in [6, 6.07) is 17.2. The molecule has 1 aliphatic rings. The van der Waals surface area contributed by atoms with Crippen LogP contribution in [-0.4, -0.2) is 44.9 Å². The van der Waals surface area contributed by atoms with Gasteiger partial charge in [-0.05, 0) is 35.9 Å². The molecule has 2 N–H and O–H groups in total. The Bertz CT molecular complexity index is 1280. The number of alkyl halides is 3. The van der Waals surface area contributed by atoms with Crippen molar-refractivity contribution in [1.82, 2.24) is 15.0 Å². The van der Waals surface area contributed by atoms with Crippen LogP contribution < -0.4 is 4.90 Å². The Hall–Kier alpha value is -3.10. The highest BCUT2D eigenvalue weighted by Crippen LogP contribution is 2.39. The molecule has 4 aromatic rings. The number of nitrogens with zero attached hydrogens (tertiary/aromatic N) is 3. The third kappa shape index (κ3) is 4.16. The highest BCUT2D eigenvalue weighted by molar-refractivity contribution is 6.30. The van der Waals surface area contributed by atoms with Gasteiger partial charge in [0.25, 0.3) is 0 Å². The van der Waals surface area contributed by atoms with E-state index in [0.29, 0.717) is 16.5 Å². The molecule has 0 aliphatic carbocycles. The Balaban J connectivity index is 1.35. The SMILES string of the molecule is OC1(C(F)(F)F)CCN(c2nc3ccc(-c4ccc(-c5ccc(Cl)cc5)cn4)cc3[nH]2)CC1. The third-order valence-electron chi connectivity index (χ3n) is 6.12. The number of benzene rings is 2. The Morgan fingerprint density at radius 3 is 2.24 bits per heavy atom. The summed E-state index contributed by atoms with van der Waals surface area (Å²) in [5, 5.41) is 10.6. The number of imidazole rings is 1. The van der Waals surface area contributed by atoms with Gasteiger partial charge < -0.3 is 15.0 Å². The highest BCUT2D eigenvalue weighted by Gasteiger charge is 2.54. The highest BCUT2D eigenvalue weighted by atomic mass is 35.5. The first kappa shape index (κ1) is 21.7. The largest absolute Gasteiger partial charge is 0.417 e. The monoisotopic (exact) mass is 472 g/mol. The zero-order valence-corrected chi connectivity index (χ0v) is 18.2. The van der Waals surface area contributed by atoms with E-state index in [1.165, 1.54) is 0 Å². The lowest BCUT2D eigenvalue weighted by atomic mass is 9.91. The van der Waals surface area contributed by atoms with Crippen molar-refractivity contribution in [2.75, 3.05) is 18.0 Å². The molecule has 0 spiro atoms. The number of pyridine rings is 1. The lowest BCUT2D eigenvalue weighted by Crippen LogP contribution is -2.53. The topological polar surface area (TPSA) is 65.0 Å². The van der Waals surface area contributed by atoms with Gasteiger partial charge >= 0.3 is 6.18 Å². The molecule has 0 radical (unpaired) electrons. The third-order valence-corrected chi connectivity index (χ3v) is 6.38. The number of aromatic amines is 1. The van der Waals surface area contributed by atoms with Crippen molar-refractivity contribution >= 4 is 28.6 Å². The van der Waals surface area contributed by atoms with E-state index < -0.39 is 11.8 Å². The molecule has 0 unspecified atom stereocenters. The van der Waals surface area contributed by atoms with Crippen LogP contribution in [0, 0.1) is 0 Å². The van der Waals surface area contributed by atoms with Crippen molar-refractivity contribution < 1.29 is 18.3 Å². The van der Waals surface area contributed by atoms with Crippen LogP contribution in [0.15, 0.2) is 60.8 Å². The smallest absolute Gasteiger partial charge is 0.380 e. The Kier molecular flexibility index (Phi) is 5.29. The molecule has 5 nitrogen and oxygen atoms in total. The van der Waals surface area contributed by atoms with Crippen LogP contribution in [0.5, 0.6) is 0 Å². The van der Waals surface area contributed by atoms with Gasteiger partial charge in [0.1, 0.15) is 0 Å². The number of hydrogen-bond donors (Lipinski definition) is 2. The van der Waals surface area contributed by atoms with Crippen molar-refractivity contribution in [1.29, 1.82) is 0 Å². The number of piperidine rings is 1. The molecule has 0 saturated carbocycles. The Morgan fingerprint density at radius 2 is 1.61 bits per heavy atom. The molecule has 1 fully saturated rings. The van der Waals surface area contributed by atoms with Gasteiger partial charge in [0.2, 0.25) is 5.95 Å². The molecule has 3 heterocycles. The molecule has 170 valence electrons. The average molecular weight is 473 g/mol. The van der Waals surface area contributed by atoms with Crippen LogP contribution in [0.3, 0.4) is 0 Å². The molecule has 1 aliphatic heterocycles. The van der Waals surface area contributed by atoms with Gasteiger partial charge in [-0.15, -0.1) is 0 Å². The zero-order chi connectivity index (χ0) is 23.2. The fourth-order valence-electron chi connectivity index (χ4n) is 4.05. The summed E-state index contributed by atoms with van der Waals surface area (Å²) in [5.41, 5.74) is 2.53. The van der Waals surface area contributed by atoms with Gasteiger partial charge in [-0.2, -0.15) is 13.2 Å². The minimum absolute atomic E-state index is 0.0659. The summed E-state index contributed by atoms with van der Waals surface area (Å²) >= 11 is 5.95. The van der Waals surface area contributed by atoms with Crippen LogP contribution >= 0.6 is 11.6 Å². The summed E-state index contributed by atoms with van der Waals surface area (Å²) in [4.78, 5) is 14.0. The molecule has 2 aromatic heterocycles. The molecule has 9 heteroatoms. The second kappa shape index (κ2) is 8.04. The number of aromatic nitrogens is 3. The second-order valence-electron chi connectivity index (χ2n) is 8.25. The first-order valence-corrected chi connectivity index (χ1v) is 10.9. The molecule has 33 heavy (non-hydrogen) atoms. The fourth-order valence-corrected chi connectivity index (χ4v) is 4.18. The van der Waals surface area contributed by atoms with Crippen molar-refractivity contribution in [2.45, 2.75) is 24.6 Å². The van der Waals surface area contributed by atoms with Crippen LogP contribution in [0.1, 0.15) is 12.8 Å². The molecule has 0 amide bonds. The van der Waals surface area contributed by atoms with E-state index in [0.717, 1.165) is 27.9 Å². The van der Waals surface area contributed by atoms with E-state index in [1.807, 2.05) is 54.6 Å². The summed E-state index contributed by atoms with van der Waals surface area (Å²) in [6.45, 7) is 0.132. The number of halogens is 4. The first-order chi connectivity index (χ1) is 15.7. The molecule has 2 aromatic carbocycles. The van der Waals surface area contributed by atoms with E-state index in [4.69, 9.17) is 11.6 Å². The van der Waals surface area contributed by atoms with Gasteiger partial charge in [0.05, 0.1) is 16.7 Å². The van der Waals surface area contributed by atoms with Gasteiger partial charge in [-0.1, -0.05) is 35.9 Å². The van der Waals surface area contributed by atoms with Crippen LogP contribution in [0.2, 0.25) is 5.02 Å². The molecule has 0 bridgehead atoms. The maximum Gasteiger partial charge on any atom is 0.417 e. The number of aliphatic hydroxyl groups is 1. The maximum absolute atomic E-state index is 13.1. The lowest BCUT2D eigenvalue weighted by molar-refractivity contribution is -0.266. The lowest BCUT2D eigenvalue weighted by Gasteiger charge is -2.38. The predicted octanol–water partition coefficient (Wildman–Crippen LogP) is 5.84. The first-order valence-electron chi connectivity index (χ1n) is 10.5. The van der Waals surface area contributed by atoms with Gasteiger partial charge in [-0.3, -0.25) is 4.98 Å². The van der Waals surface area contributed by atoms with Crippen molar-refractivity contribution in [3.05, 3.63) is 65.8 Å². The number of nitrogens with one attached hydrogen (secondary N) is 1. The Morgan fingerprint density at radius 1 is 0.939 bits per heavy atom. The number of anilines is 1. The minimum atomic E-state index is -4.63. The van der Waals surface area contributed by atoms with Crippen LogP contribution in [0.25, 0.3) is 33.4 Å². The number of rotatable bonds is 3. The number of H-pyrrole nitrogens is 1. The quantitative estimate of drug-likeness (QED) is 0.393. The zero-order valence-electron chi connectivity index (χ0n) is 17.4. The molecule has 5 rings (SSSR count). The van der Waals surface area contributed by atoms with E-state index in [-0.39, 0.29) is 25.9 Å². The van der Waals surface area contributed by atoms with E-state index >= 15 is 0 Å². The number of fused-ring (bicyclic) bond motifs is 1. The summed E-state index contributed by atoms with van der Waals surface area (Å²) in [7, 11) is 0. The van der Waals surface area contributed by atoms with Gasteiger partial charge in [0, 0.05) is 48.3 Å². The van der Waals surface area contributed by atoms with Gasteiger partial charge in [0.15, 0.2) is 5.60 Å². The standard InChI is InChI=1S/C24H20ClF3N4O/c25-18-5-1-15(2-6-18)17-4-7-19(29-14-17)16-3-8-20-21(13-16)31-22(30-20)32-11-9-23(33,10-12-32)24(26,27)28/h1-8,13-14,33H,9-12H2,(H,30,31). The Labute approximate surface area is 192 Å². The predicted molar refractivity (Wildman–Crippen MR) is 122 cm³/mol. The normalized spacial score (nSPS) is 16.3. The summed E-state index contributed by atoms with van der Waals surface area (Å²) in [6.07, 6.45) is -3.60. The minimum Gasteiger partial charge on any atom is -0.380 e. The molecular formula is C24H20ClF3N4O. The summed E-state index contributed by atoms with van der Waals surface area (Å²) in [5.74, 6) is 0.498. The second-order valence-corrected chi connectivity index (χ2v) is 8.68. The summed E-state index contributed by atoms with van der Waals surface area (Å²) < 4.78 is 39.2. The molecule has 0 atom stereocenters. The van der Waals surface area contributed by atoms with Crippen molar-refractivity contribution in [2.24, 2.45) is 0 Å². The maximum atomic E-state index is 13.1. The molecule has 1 saturated heterocycles. The van der Waals surface area contributed by atoms with Gasteiger partial charge in [-0.25, -0.2) is 4.98 Å². The molecular weight excluding hydrogens is 453 g/mol.